The summed E-state index contributed by atoms with van der Waals surface area (Å²) >= 11 is 0. The number of piperidine rings is 1. The molecule has 12 rings (SSSR count). The van der Waals surface area contributed by atoms with Crippen molar-refractivity contribution in [3.8, 4) is 11.5 Å². The lowest BCUT2D eigenvalue weighted by molar-refractivity contribution is -0.127. The molecule has 13 atom stereocenters. The van der Waals surface area contributed by atoms with Gasteiger partial charge in [-0.05, 0) is 237 Å². The van der Waals surface area contributed by atoms with Gasteiger partial charge in [0.05, 0.1) is 32.4 Å². The number of rotatable bonds is 21. The van der Waals surface area contributed by atoms with Gasteiger partial charge in [0.1, 0.15) is 5.78 Å². The molecule has 0 aromatic heterocycles. The average Bonchev–Trinajstić information content (AvgIpc) is 3.31. The normalized spacial score (nSPS) is 32.1. The van der Waals surface area contributed by atoms with Gasteiger partial charge in [-0.1, -0.05) is 79.6 Å². The first kappa shape index (κ1) is 55.0. The van der Waals surface area contributed by atoms with Gasteiger partial charge in [-0.15, -0.1) is 0 Å². The zero-order chi connectivity index (χ0) is 54.0. The van der Waals surface area contributed by atoms with Crippen LogP contribution in [0.5, 0.6) is 11.5 Å². The lowest BCUT2D eigenvalue weighted by Gasteiger charge is -2.56. The van der Waals surface area contributed by atoms with Crippen LogP contribution in [0, 0.1) is 58.2 Å². The van der Waals surface area contributed by atoms with Crippen LogP contribution in [0.25, 0.3) is 5.57 Å². The third-order valence-corrected chi connectivity index (χ3v) is 21.2. The summed E-state index contributed by atoms with van der Waals surface area (Å²) in [5, 5.41) is 48.2. The number of nitrogens with one attached hydrogen (secondary N) is 4. The molecule has 1 unspecified atom stereocenters. The lowest BCUT2D eigenvalue weighted by Crippen LogP contribution is -2.58. The molecule has 6 aliphatic carbocycles. The van der Waals surface area contributed by atoms with E-state index in [1.54, 1.807) is 12.1 Å². The summed E-state index contributed by atoms with van der Waals surface area (Å²) in [6.45, 7) is 5.24. The number of hydrogen-bond acceptors (Lipinski definition) is 11. The number of fused-ring (bicyclic) bond motifs is 4. The van der Waals surface area contributed by atoms with Crippen molar-refractivity contribution in [2.24, 2.45) is 63.9 Å². The highest BCUT2D eigenvalue weighted by Crippen LogP contribution is 2.75. The highest BCUT2D eigenvalue weighted by molar-refractivity contribution is 6.08. The van der Waals surface area contributed by atoms with Crippen molar-refractivity contribution < 1.29 is 29.6 Å². The molecule has 9 N–H and O–H groups in total. The molecule has 78 heavy (non-hydrogen) atoms. The van der Waals surface area contributed by atoms with Gasteiger partial charge in [0.25, 0.3) is 0 Å². The van der Waals surface area contributed by atoms with Crippen LogP contribution >= 0.6 is 0 Å². The van der Waals surface area contributed by atoms with Crippen molar-refractivity contribution in [3.63, 3.8) is 0 Å². The molecule has 4 bridgehead atoms. The van der Waals surface area contributed by atoms with Gasteiger partial charge >= 0.3 is 0 Å². The first-order valence-corrected chi connectivity index (χ1v) is 30.3. The van der Waals surface area contributed by atoms with Gasteiger partial charge in [-0.3, -0.25) is 9.59 Å². The number of allylic oxidation sites excluding steroid dienone is 3. The number of ketones is 2. The van der Waals surface area contributed by atoms with Crippen molar-refractivity contribution in [1.29, 1.82) is 0 Å². The maximum Gasteiger partial charge on any atom is 0.163 e. The summed E-state index contributed by atoms with van der Waals surface area (Å²) < 4.78 is 5.60. The van der Waals surface area contributed by atoms with Gasteiger partial charge in [-0.2, -0.15) is 0 Å². The Hall–Kier alpha value is -4.88. The molecule has 0 amide bonds. The Morgan fingerprint density at radius 2 is 1.72 bits per heavy atom. The maximum atomic E-state index is 14.6. The van der Waals surface area contributed by atoms with Gasteiger partial charge in [0.15, 0.2) is 17.3 Å². The largest absolute Gasteiger partial charge is 0.504 e. The Balaban J connectivity index is 0.815. The standard InChI is InChI=1S/C67H89N5O6/c1-42(74)38-72-65-59-20-19-46-32-62(66(65)22-6-7-23-66)67(59,37-58-56-21-25-69-39-52(56)27-48-14-9-24-70-64(48)58)36-50(46)29-54(75)34-55(76)30-53(41-73)57-35-61(78-2)60(77)31-49(57)28-51-40-71-63(68)33-47(51)18-17-45-13-8-12-44(26-45)16-15-43-10-4-3-5-11-43/h3-5,8-14,26,30-31,33,35,40,42,46,48,50,52,56,58-59,62-65,69-74,77H,6-7,15-25,27-29,32,34,36-39,41,68H2,1-2H3/b53-30+/t42-,46-,48-,50-,52-,56+,58-,59+,62-,63?,64+,65+,67-/m0/s1. The molecule has 418 valence electrons. The number of carbonyl (C=O) groups excluding carboxylic acids is 2. The summed E-state index contributed by atoms with van der Waals surface area (Å²) in [6.07, 6.45) is 26.9. The minimum absolute atomic E-state index is 0.0158. The molecule has 3 aromatic rings. The molecule has 11 heteroatoms. The van der Waals surface area contributed by atoms with Crippen LogP contribution in [-0.4, -0.2) is 91.1 Å². The molecular formula is C67H89N5O6. The Morgan fingerprint density at radius 3 is 2.50 bits per heavy atom. The topological polar surface area (TPSA) is 178 Å². The van der Waals surface area contributed by atoms with E-state index in [9.17, 15) is 24.9 Å². The van der Waals surface area contributed by atoms with E-state index in [0.717, 1.165) is 87.7 Å². The molecule has 3 aromatic carbocycles. The first-order chi connectivity index (χ1) is 37.9. The monoisotopic (exact) mass is 1060 g/mol. The lowest BCUT2D eigenvalue weighted by atomic mass is 9.50. The van der Waals surface area contributed by atoms with Crippen LogP contribution in [0.2, 0.25) is 0 Å². The third kappa shape index (κ3) is 11.4. The molecule has 1 saturated heterocycles. The zero-order valence-electron chi connectivity index (χ0n) is 46.6. The third-order valence-electron chi connectivity index (χ3n) is 21.2. The highest BCUT2D eigenvalue weighted by atomic mass is 16.5. The number of Topliss-reactive ketones (excluding diaryl/α,β-unsaturated/α-hetero) is 1. The number of ether oxygens (including phenoxy) is 1. The van der Waals surface area contributed by atoms with E-state index in [0.29, 0.717) is 84.0 Å². The molecule has 6 saturated carbocycles. The second-order valence-corrected chi connectivity index (χ2v) is 25.6. The Kier molecular flexibility index (Phi) is 17.0. The SMILES string of the molecule is COc1cc(/C(=C/C(=O)CC(=O)C[C@H]2C[C@]3(C[C@H]4[C@@H]5CCNC[C@@H]5C[C@@H]5C=CCN[C@@H]45)[C@@H]4CC[C@H]2C[C@H]3C2(CCCC2)[C@@H]4NC[C@H](C)O)CO)c(CC2=CNC(N)C=C2CCc2cccc(CCc3ccccc3)c2)cc1O. The van der Waals surface area contributed by atoms with Crippen LogP contribution in [-0.2, 0) is 35.3 Å². The fraction of sp³-hybridized carbons (Fsp3) is 0.582. The number of benzene rings is 3. The average molecular weight is 1060 g/mol. The Morgan fingerprint density at radius 1 is 0.936 bits per heavy atom. The molecular weight excluding hydrogens is 971 g/mol. The zero-order valence-corrected chi connectivity index (χ0v) is 46.6. The van der Waals surface area contributed by atoms with E-state index in [-0.39, 0.29) is 52.4 Å². The molecule has 9 aliphatic rings. The number of aliphatic hydroxyl groups is 2. The molecule has 11 nitrogen and oxygen atoms in total. The number of phenols is 1. The van der Waals surface area contributed by atoms with Crippen LogP contribution in [0.15, 0.2) is 108 Å². The number of aromatic hydroxyl groups is 1. The second kappa shape index (κ2) is 24.1. The molecule has 1 spiro atoms. The van der Waals surface area contributed by atoms with E-state index in [1.807, 2.05) is 13.1 Å². The Bertz CT molecular complexity index is 2740. The number of aryl methyl sites for hydroxylation is 3. The molecule has 3 aliphatic heterocycles. The van der Waals surface area contributed by atoms with Crippen molar-refractivity contribution >= 4 is 17.1 Å². The van der Waals surface area contributed by atoms with Crippen molar-refractivity contribution in [2.45, 2.75) is 147 Å². The van der Waals surface area contributed by atoms with Crippen LogP contribution in [0.4, 0.5) is 0 Å². The van der Waals surface area contributed by atoms with E-state index in [1.165, 1.54) is 74.8 Å². The van der Waals surface area contributed by atoms with Crippen LogP contribution in [0.3, 0.4) is 0 Å². The summed E-state index contributed by atoms with van der Waals surface area (Å²) in [5.41, 5.74) is 14.4. The predicted molar refractivity (Wildman–Crippen MR) is 309 cm³/mol. The highest BCUT2D eigenvalue weighted by Gasteiger charge is 2.71. The minimum atomic E-state index is -0.431. The molecule has 3 heterocycles. The van der Waals surface area contributed by atoms with Crippen LogP contribution < -0.4 is 31.7 Å². The van der Waals surface area contributed by atoms with Gasteiger partial charge in [0.2, 0.25) is 0 Å². The predicted octanol–water partition coefficient (Wildman–Crippen LogP) is 9.09. The Labute approximate surface area is 464 Å². The van der Waals surface area contributed by atoms with Gasteiger partial charge in [-0.25, -0.2) is 0 Å². The summed E-state index contributed by atoms with van der Waals surface area (Å²) in [4.78, 5) is 28.9. The van der Waals surface area contributed by atoms with E-state index >= 15 is 0 Å². The van der Waals surface area contributed by atoms with Crippen molar-refractivity contribution in [2.75, 3.05) is 39.9 Å². The fourth-order valence-electron chi connectivity index (χ4n) is 18.0. The summed E-state index contributed by atoms with van der Waals surface area (Å²) in [6, 6.07) is 23.6. The van der Waals surface area contributed by atoms with E-state index in [4.69, 9.17) is 10.5 Å². The van der Waals surface area contributed by atoms with Gasteiger partial charge < -0.3 is 47.1 Å². The fourth-order valence-corrected chi connectivity index (χ4v) is 18.0. The van der Waals surface area contributed by atoms with Crippen molar-refractivity contribution in [1.82, 2.24) is 21.3 Å². The number of phenolic OH excluding ortho intramolecular Hbond substituents is 1. The van der Waals surface area contributed by atoms with E-state index < -0.39 is 12.7 Å². The second-order valence-electron chi connectivity index (χ2n) is 25.6. The number of dihydropyridines is 1. The van der Waals surface area contributed by atoms with Crippen molar-refractivity contribution in [3.05, 3.63) is 136 Å². The number of aliphatic hydroxyl groups excluding tert-OH is 2. The number of nitrogens with two attached hydrogens (primary N) is 1. The number of carbonyl (C=O) groups is 2. The smallest absolute Gasteiger partial charge is 0.163 e. The molecule has 0 radical (unpaired) electrons. The maximum absolute atomic E-state index is 14.6. The number of hydrogen-bond donors (Lipinski definition) is 8. The first-order valence-electron chi connectivity index (χ1n) is 30.3. The molecule has 7 fully saturated rings. The van der Waals surface area contributed by atoms with E-state index in [2.05, 4.69) is 94.1 Å². The number of methoxy groups -OCH3 is 1. The summed E-state index contributed by atoms with van der Waals surface area (Å²) in [5.74, 6) is 4.10. The quantitative estimate of drug-likeness (QED) is 0.0290. The minimum Gasteiger partial charge on any atom is -0.504 e. The summed E-state index contributed by atoms with van der Waals surface area (Å²) in [7, 11) is 1.49. The van der Waals surface area contributed by atoms with Gasteiger partial charge in [0, 0.05) is 37.8 Å². The van der Waals surface area contributed by atoms with Crippen LogP contribution in [0.1, 0.15) is 125 Å².